The molecule has 1 aromatic rings. The van der Waals surface area contributed by atoms with Gasteiger partial charge >= 0.3 is 0 Å². The molecule has 0 fully saturated rings. The second-order valence-corrected chi connectivity index (χ2v) is 3.24. The van der Waals surface area contributed by atoms with Gasteiger partial charge in [0.1, 0.15) is 5.82 Å². The zero-order valence-electron chi connectivity index (χ0n) is 7.13. The van der Waals surface area contributed by atoms with Gasteiger partial charge in [0.15, 0.2) is 0 Å². The monoisotopic (exact) mass is 247 g/mol. The number of amides is 1. The summed E-state index contributed by atoms with van der Waals surface area (Å²) in [5.41, 5.74) is 0. The molecule has 0 aliphatic carbocycles. The molecule has 0 aliphatic heterocycles. The highest BCUT2D eigenvalue weighted by Gasteiger charge is 2.05. The molecule has 2 N–H and O–H groups in total. The van der Waals surface area contributed by atoms with Gasteiger partial charge in [-0.1, -0.05) is 0 Å². The van der Waals surface area contributed by atoms with Gasteiger partial charge in [0.25, 0.3) is 0 Å². The number of hydrogen-bond donors (Lipinski definition) is 2. The van der Waals surface area contributed by atoms with Crippen LogP contribution in [0.5, 0.6) is 0 Å². The van der Waals surface area contributed by atoms with Crippen LogP contribution in [-0.4, -0.2) is 29.8 Å². The summed E-state index contributed by atoms with van der Waals surface area (Å²) in [5.74, 6) is 0.466. The Hall–Kier alpha value is -0.880. The number of ether oxygens (including phenoxy) is 1. The fourth-order valence-electron chi connectivity index (χ4n) is 0.756. The Morgan fingerprint density at radius 3 is 3.15 bits per heavy atom. The molecule has 1 rings (SSSR count). The summed E-state index contributed by atoms with van der Waals surface area (Å²) in [6, 6.07) is 0. The van der Waals surface area contributed by atoms with E-state index in [0.717, 1.165) is 4.47 Å². The topological polar surface area (TPSA) is 67.0 Å². The molecule has 0 spiro atoms. The Kier molecular flexibility index (Phi) is 3.91. The third kappa shape index (κ3) is 3.16. The van der Waals surface area contributed by atoms with Gasteiger partial charge in [0.05, 0.1) is 23.7 Å². The molecule has 0 bridgehead atoms. The number of halogens is 1. The van der Waals surface area contributed by atoms with Crippen molar-refractivity contribution in [3.05, 3.63) is 10.7 Å². The fourth-order valence-corrected chi connectivity index (χ4v) is 1.05. The van der Waals surface area contributed by atoms with Gasteiger partial charge in [-0.05, 0) is 15.9 Å². The minimum atomic E-state index is -0.105. The zero-order chi connectivity index (χ0) is 9.68. The summed E-state index contributed by atoms with van der Waals surface area (Å²) >= 11 is 3.22. The number of H-pyrrole nitrogens is 1. The van der Waals surface area contributed by atoms with E-state index in [-0.39, 0.29) is 5.91 Å². The lowest BCUT2D eigenvalue weighted by Crippen LogP contribution is -2.14. The van der Waals surface area contributed by atoms with Crippen molar-refractivity contribution in [2.45, 2.75) is 6.42 Å². The molecule has 0 saturated heterocycles. The molecular weight excluding hydrogens is 238 g/mol. The number of aromatic amines is 1. The van der Waals surface area contributed by atoms with E-state index in [1.165, 1.54) is 0 Å². The van der Waals surface area contributed by atoms with Crippen LogP contribution in [0.3, 0.4) is 0 Å². The molecule has 0 saturated carbocycles. The summed E-state index contributed by atoms with van der Waals surface area (Å²) in [5, 5.41) is 9.02. The van der Waals surface area contributed by atoms with Gasteiger partial charge in [-0.3, -0.25) is 9.89 Å². The second-order valence-electron chi connectivity index (χ2n) is 2.38. The molecule has 0 radical (unpaired) electrons. The number of aromatic nitrogens is 2. The highest BCUT2D eigenvalue weighted by atomic mass is 79.9. The molecular formula is C7H10BrN3O2. The number of hydrogen-bond acceptors (Lipinski definition) is 3. The van der Waals surface area contributed by atoms with Crippen molar-refractivity contribution in [1.82, 2.24) is 10.2 Å². The minimum absolute atomic E-state index is 0.105. The zero-order valence-corrected chi connectivity index (χ0v) is 8.72. The highest BCUT2D eigenvalue weighted by Crippen LogP contribution is 2.17. The van der Waals surface area contributed by atoms with E-state index in [0.29, 0.717) is 18.8 Å². The number of methoxy groups -OCH3 is 1. The van der Waals surface area contributed by atoms with E-state index >= 15 is 0 Å². The maximum absolute atomic E-state index is 11.2. The second kappa shape index (κ2) is 4.98. The first-order chi connectivity index (χ1) is 6.24. The third-order valence-electron chi connectivity index (χ3n) is 1.39. The molecule has 72 valence electrons. The van der Waals surface area contributed by atoms with Crippen LogP contribution in [-0.2, 0) is 9.53 Å². The van der Waals surface area contributed by atoms with E-state index in [1.807, 2.05) is 0 Å². The first kappa shape index (κ1) is 10.2. The first-order valence-corrected chi connectivity index (χ1v) is 4.51. The first-order valence-electron chi connectivity index (χ1n) is 3.71. The normalized spacial score (nSPS) is 10.0. The molecule has 1 aromatic heterocycles. The predicted octanol–water partition coefficient (Wildman–Crippen LogP) is 1.15. The Balaban J connectivity index is 2.41. The smallest absolute Gasteiger partial charge is 0.227 e. The lowest BCUT2D eigenvalue weighted by Gasteiger charge is -2.01. The molecule has 0 aromatic carbocycles. The van der Waals surface area contributed by atoms with Gasteiger partial charge < -0.3 is 10.1 Å². The fraction of sp³-hybridized carbons (Fsp3) is 0.429. The highest BCUT2D eigenvalue weighted by molar-refractivity contribution is 9.10. The summed E-state index contributed by atoms with van der Waals surface area (Å²) in [7, 11) is 1.55. The van der Waals surface area contributed by atoms with E-state index in [2.05, 4.69) is 31.4 Å². The molecule has 0 aliphatic rings. The SMILES string of the molecule is COCCC(=O)Nc1[nH]ncc1Br. The van der Waals surface area contributed by atoms with Crippen LogP contribution in [0, 0.1) is 0 Å². The molecule has 5 nitrogen and oxygen atoms in total. The van der Waals surface area contributed by atoms with Crippen LogP contribution >= 0.6 is 15.9 Å². The summed E-state index contributed by atoms with van der Waals surface area (Å²) < 4.78 is 5.50. The van der Waals surface area contributed by atoms with E-state index in [4.69, 9.17) is 4.74 Å². The minimum Gasteiger partial charge on any atom is -0.384 e. The van der Waals surface area contributed by atoms with E-state index in [9.17, 15) is 4.79 Å². The van der Waals surface area contributed by atoms with Crippen molar-refractivity contribution in [1.29, 1.82) is 0 Å². The van der Waals surface area contributed by atoms with Crippen molar-refractivity contribution in [3.63, 3.8) is 0 Å². The van der Waals surface area contributed by atoms with Crippen LogP contribution in [0.15, 0.2) is 10.7 Å². The van der Waals surface area contributed by atoms with Crippen molar-refractivity contribution in [3.8, 4) is 0 Å². The van der Waals surface area contributed by atoms with Crippen LogP contribution in [0.25, 0.3) is 0 Å². The van der Waals surface area contributed by atoms with Gasteiger partial charge in [-0.2, -0.15) is 5.10 Å². The third-order valence-corrected chi connectivity index (χ3v) is 1.99. The van der Waals surface area contributed by atoms with Crippen molar-refractivity contribution < 1.29 is 9.53 Å². The lowest BCUT2D eigenvalue weighted by atomic mass is 10.4. The van der Waals surface area contributed by atoms with Crippen LogP contribution in [0.4, 0.5) is 5.82 Å². The number of carbonyl (C=O) groups is 1. The quantitative estimate of drug-likeness (QED) is 0.839. The Morgan fingerprint density at radius 1 is 1.85 bits per heavy atom. The number of nitrogens with zero attached hydrogens (tertiary/aromatic N) is 1. The van der Waals surface area contributed by atoms with E-state index < -0.39 is 0 Å². The predicted molar refractivity (Wildman–Crippen MR) is 51.4 cm³/mol. The van der Waals surface area contributed by atoms with Crippen molar-refractivity contribution in [2.24, 2.45) is 0 Å². The molecule has 0 unspecified atom stereocenters. The number of anilines is 1. The van der Waals surface area contributed by atoms with Gasteiger partial charge in [0, 0.05) is 7.11 Å². The maximum Gasteiger partial charge on any atom is 0.227 e. The Labute approximate surface area is 84.0 Å². The summed E-state index contributed by atoms with van der Waals surface area (Å²) in [4.78, 5) is 11.2. The lowest BCUT2D eigenvalue weighted by molar-refractivity contribution is -0.117. The molecule has 13 heavy (non-hydrogen) atoms. The Bertz CT molecular complexity index is 287. The standard InChI is InChI=1S/C7H10BrN3O2/c1-13-3-2-6(12)10-7-5(8)4-9-11-7/h4H,2-3H2,1H3,(H2,9,10,11,12). The Morgan fingerprint density at radius 2 is 2.62 bits per heavy atom. The van der Waals surface area contributed by atoms with Crippen LogP contribution in [0.2, 0.25) is 0 Å². The average Bonchev–Trinajstić information content (AvgIpc) is 2.48. The number of rotatable bonds is 4. The molecule has 6 heteroatoms. The van der Waals surface area contributed by atoms with Gasteiger partial charge in [-0.25, -0.2) is 0 Å². The summed E-state index contributed by atoms with van der Waals surface area (Å²) in [6.07, 6.45) is 1.91. The largest absolute Gasteiger partial charge is 0.384 e. The summed E-state index contributed by atoms with van der Waals surface area (Å²) in [6.45, 7) is 0.414. The van der Waals surface area contributed by atoms with Crippen molar-refractivity contribution >= 4 is 27.7 Å². The molecule has 1 heterocycles. The molecule has 1 amide bonds. The average molecular weight is 248 g/mol. The van der Waals surface area contributed by atoms with Crippen LogP contribution < -0.4 is 5.32 Å². The van der Waals surface area contributed by atoms with Gasteiger partial charge in [-0.15, -0.1) is 0 Å². The van der Waals surface area contributed by atoms with Crippen LogP contribution in [0.1, 0.15) is 6.42 Å². The maximum atomic E-state index is 11.2. The molecule has 0 atom stereocenters. The van der Waals surface area contributed by atoms with Gasteiger partial charge in [0.2, 0.25) is 5.91 Å². The van der Waals surface area contributed by atoms with Crippen molar-refractivity contribution in [2.75, 3.05) is 19.0 Å². The van der Waals surface area contributed by atoms with E-state index in [1.54, 1.807) is 13.3 Å². The number of nitrogens with one attached hydrogen (secondary N) is 2. The number of carbonyl (C=O) groups excluding carboxylic acids is 1.